The van der Waals surface area contributed by atoms with Gasteiger partial charge in [0.05, 0.1) is 11.2 Å². The standard InChI is InChI=1S/C6H6.2C5H12O/c1-2-4-6-5-3-1;2*1-4-5(2,3)6/h1-6H;2*6H,4H2,1-3H3. The first-order chi connectivity index (χ1) is 8.12. The number of benzene rings is 1. The van der Waals surface area contributed by atoms with Gasteiger partial charge in [-0.25, -0.2) is 0 Å². The van der Waals surface area contributed by atoms with Crippen LogP contribution in [0, 0.1) is 0 Å². The fourth-order valence-electron chi connectivity index (χ4n) is 0.385. The molecule has 1 rings (SSSR count). The summed E-state index contributed by atoms with van der Waals surface area (Å²) in [4.78, 5) is 0. The second-order valence-corrected chi connectivity index (χ2v) is 5.49. The van der Waals surface area contributed by atoms with E-state index in [1.165, 1.54) is 0 Å². The van der Waals surface area contributed by atoms with Gasteiger partial charge in [0, 0.05) is 0 Å². The van der Waals surface area contributed by atoms with Gasteiger partial charge in [0.2, 0.25) is 0 Å². The minimum atomic E-state index is -0.458. The van der Waals surface area contributed by atoms with Crippen LogP contribution in [-0.2, 0) is 0 Å². The van der Waals surface area contributed by atoms with Gasteiger partial charge >= 0.3 is 0 Å². The molecule has 2 nitrogen and oxygen atoms in total. The molecule has 0 spiro atoms. The Morgan fingerprint density at radius 1 is 0.611 bits per heavy atom. The van der Waals surface area contributed by atoms with Crippen LogP contribution >= 0.6 is 0 Å². The van der Waals surface area contributed by atoms with Crippen LogP contribution < -0.4 is 0 Å². The molecule has 0 heterocycles. The van der Waals surface area contributed by atoms with Crippen LogP contribution in [0.3, 0.4) is 0 Å². The molecule has 1 aromatic carbocycles. The minimum absolute atomic E-state index is 0.458. The van der Waals surface area contributed by atoms with Gasteiger partial charge in [0.15, 0.2) is 0 Å². The number of rotatable bonds is 2. The molecule has 1 aromatic rings. The van der Waals surface area contributed by atoms with E-state index in [0.717, 1.165) is 12.8 Å². The van der Waals surface area contributed by atoms with E-state index in [1.54, 1.807) is 27.7 Å². The van der Waals surface area contributed by atoms with Gasteiger partial charge in [-0.1, -0.05) is 50.2 Å². The lowest BCUT2D eigenvalue weighted by Crippen LogP contribution is -2.15. The third-order valence-corrected chi connectivity index (χ3v) is 2.40. The predicted molar refractivity (Wildman–Crippen MR) is 79.6 cm³/mol. The summed E-state index contributed by atoms with van der Waals surface area (Å²) in [6, 6.07) is 12.0. The van der Waals surface area contributed by atoms with Crippen molar-refractivity contribution >= 4 is 0 Å². The Labute approximate surface area is 113 Å². The molecule has 0 radical (unpaired) electrons. The van der Waals surface area contributed by atoms with Crippen molar-refractivity contribution in [3.8, 4) is 0 Å². The minimum Gasteiger partial charge on any atom is -0.390 e. The zero-order chi connectivity index (χ0) is 14.7. The van der Waals surface area contributed by atoms with Gasteiger partial charge in [-0.05, 0) is 40.5 Å². The Kier molecular flexibility index (Phi) is 10.9. The van der Waals surface area contributed by atoms with Crippen LogP contribution in [0.1, 0.15) is 54.4 Å². The van der Waals surface area contributed by atoms with E-state index >= 15 is 0 Å². The third-order valence-electron chi connectivity index (χ3n) is 2.40. The van der Waals surface area contributed by atoms with Crippen molar-refractivity contribution in [3.63, 3.8) is 0 Å². The Morgan fingerprint density at radius 2 is 0.722 bits per heavy atom. The normalized spacial score (nSPS) is 10.7. The van der Waals surface area contributed by atoms with Crippen molar-refractivity contribution in [2.75, 3.05) is 0 Å². The van der Waals surface area contributed by atoms with E-state index in [1.807, 2.05) is 50.2 Å². The zero-order valence-corrected chi connectivity index (χ0v) is 12.8. The van der Waals surface area contributed by atoms with Gasteiger partial charge in [-0.3, -0.25) is 0 Å². The van der Waals surface area contributed by atoms with Crippen molar-refractivity contribution in [2.45, 2.75) is 65.6 Å². The van der Waals surface area contributed by atoms with Crippen LogP contribution in [0.4, 0.5) is 0 Å². The molecule has 2 heteroatoms. The molecule has 0 aliphatic rings. The van der Waals surface area contributed by atoms with E-state index < -0.39 is 11.2 Å². The summed E-state index contributed by atoms with van der Waals surface area (Å²) in [5.74, 6) is 0. The molecular formula is C16H30O2. The Bertz CT molecular complexity index is 214. The smallest absolute Gasteiger partial charge is 0.0589 e. The summed E-state index contributed by atoms with van der Waals surface area (Å²) in [6.07, 6.45) is 1.65. The van der Waals surface area contributed by atoms with Gasteiger partial charge in [0.1, 0.15) is 0 Å². The first-order valence-electron chi connectivity index (χ1n) is 6.57. The molecule has 0 amide bonds. The second-order valence-electron chi connectivity index (χ2n) is 5.49. The molecule has 0 unspecified atom stereocenters. The molecule has 0 bridgehead atoms. The van der Waals surface area contributed by atoms with E-state index in [0.29, 0.717) is 0 Å². The van der Waals surface area contributed by atoms with Gasteiger partial charge in [-0.2, -0.15) is 0 Å². The summed E-state index contributed by atoms with van der Waals surface area (Å²) in [5.41, 5.74) is -0.917. The zero-order valence-electron chi connectivity index (χ0n) is 12.8. The molecule has 0 aliphatic heterocycles. The molecule has 18 heavy (non-hydrogen) atoms. The van der Waals surface area contributed by atoms with Crippen LogP contribution in [-0.4, -0.2) is 21.4 Å². The van der Waals surface area contributed by atoms with E-state index in [2.05, 4.69) is 0 Å². The van der Waals surface area contributed by atoms with Crippen LogP contribution in [0.25, 0.3) is 0 Å². The highest BCUT2D eigenvalue weighted by atomic mass is 16.3. The summed E-state index contributed by atoms with van der Waals surface area (Å²) in [5, 5.41) is 17.7. The maximum atomic E-state index is 8.83. The largest absolute Gasteiger partial charge is 0.390 e. The summed E-state index contributed by atoms with van der Waals surface area (Å²) in [7, 11) is 0. The lowest BCUT2D eigenvalue weighted by atomic mass is 10.1. The van der Waals surface area contributed by atoms with Crippen LogP contribution in [0.15, 0.2) is 36.4 Å². The molecule has 0 aromatic heterocycles. The Morgan fingerprint density at radius 3 is 0.778 bits per heavy atom. The highest BCUT2D eigenvalue weighted by Gasteiger charge is 2.06. The second kappa shape index (κ2) is 10.1. The average molecular weight is 254 g/mol. The maximum Gasteiger partial charge on any atom is 0.0589 e. The van der Waals surface area contributed by atoms with Gasteiger partial charge < -0.3 is 10.2 Å². The average Bonchev–Trinajstić information content (AvgIpc) is 2.31. The predicted octanol–water partition coefficient (Wildman–Crippen LogP) is 4.02. The lowest BCUT2D eigenvalue weighted by Gasteiger charge is -2.11. The highest BCUT2D eigenvalue weighted by molar-refractivity contribution is 4.99. The molecule has 2 N–H and O–H groups in total. The van der Waals surface area contributed by atoms with Crippen LogP contribution in [0.5, 0.6) is 0 Å². The Balaban J connectivity index is 0. The first-order valence-corrected chi connectivity index (χ1v) is 6.57. The molecule has 0 aliphatic carbocycles. The Hall–Kier alpha value is -0.860. The highest BCUT2D eigenvalue weighted by Crippen LogP contribution is 2.04. The van der Waals surface area contributed by atoms with Gasteiger partial charge in [0.25, 0.3) is 0 Å². The quantitative estimate of drug-likeness (QED) is 0.837. The van der Waals surface area contributed by atoms with E-state index in [4.69, 9.17) is 10.2 Å². The monoisotopic (exact) mass is 254 g/mol. The number of hydrogen-bond acceptors (Lipinski definition) is 2. The molecule has 0 saturated carbocycles. The lowest BCUT2D eigenvalue weighted by molar-refractivity contribution is 0.0759. The maximum absolute atomic E-state index is 8.83. The summed E-state index contributed by atoms with van der Waals surface area (Å²) in [6.45, 7) is 11.1. The van der Waals surface area contributed by atoms with Crippen molar-refractivity contribution in [3.05, 3.63) is 36.4 Å². The van der Waals surface area contributed by atoms with Gasteiger partial charge in [-0.15, -0.1) is 0 Å². The van der Waals surface area contributed by atoms with Crippen molar-refractivity contribution in [1.82, 2.24) is 0 Å². The molecule has 0 atom stereocenters. The SMILES string of the molecule is CCC(C)(C)O.CCC(C)(C)O.c1ccccc1. The first kappa shape index (κ1) is 19.5. The summed E-state index contributed by atoms with van der Waals surface area (Å²) < 4.78 is 0. The third kappa shape index (κ3) is 24.4. The molecule has 106 valence electrons. The van der Waals surface area contributed by atoms with Crippen molar-refractivity contribution in [2.24, 2.45) is 0 Å². The molecule has 0 fully saturated rings. The number of hydrogen-bond donors (Lipinski definition) is 2. The molecular weight excluding hydrogens is 224 g/mol. The summed E-state index contributed by atoms with van der Waals surface area (Å²) >= 11 is 0. The van der Waals surface area contributed by atoms with Crippen molar-refractivity contribution < 1.29 is 10.2 Å². The topological polar surface area (TPSA) is 40.5 Å². The molecule has 0 saturated heterocycles. The van der Waals surface area contributed by atoms with E-state index in [9.17, 15) is 0 Å². The number of aliphatic hydroxyl groups is 2. The van der Waals surface area contributed by atoms with E-state index in [-0.39, 0.29) is 0 Å². The fourth-order valence-corrected chi connectivity index (χ4v) is 0.385. The fraction of sp³-hybridized carbons (Fsp3) is 0.625. The van der Waals surface area contributed by atoms with Crippen molar-refractivity contribution in [1.29, 1.82) is 0 Å². The van der Waals surface area contributed by atoms with Crippen LogP contribution in [0.2, 0.25) is 0 Å².